The maximum Gasteiger partial charge on any atom is 0.330 e. The van der Waals surface area contributed by atoms with Crippen molar-refractivity contribution < 1.29 is 57.2 Å². The number of rotatable bonds is 25. The standard InChI is InChI=1S/C32H42O12/c1-5-27(33)39-21-15-10-9-11-17-25(43-29(35)7-3)24-42-32(38)20-13-12-19-31(37)40-22-16-14-18-26(44-30(36)8-4)23-41-28(34)6-2/h5-8,12-13,19-20,25-26H,1-4,9-11,14-18,21-24H2. The summed E-state index contributed by atoms with van der Waals surface area (Å²) in [5.74, 6) is -3.72. The molecule has 2 unspecified atom stereocenters. The van der Waals surface area contributed by atoms with Gasteiger partial charge in [-0.15, -0.1) is 0 Å². The molecule has 0 bridgehead atoms. The van der Waals surface area contributed by atoms with Crippen LogP contribution in [0.5, 0.6) is 0 Å². The maximum absolute atomic E-state index is 12.0. The molecule has 0 aliphatic carbocycles. The van der Waals surface area contributed by atoms with Gasteiger partial charge in [-0.2, -0.15) is 0 Å². The first-order valence-electron chi connectivity index (χ1n) is 14.1. The highest BCUT2D eigenvalue weighted by molar-refractivity contribution is 5.85. The monoisotopic (exact) mass is 618 g/mol. The minimum absolute atomic E-state index is 0.0943. The molecule has 12 nitrogen and oxygen atoms in total. The van der Waals surface area contributed by atoms with E-state index in [9.17, 15) is 28.8 Å². The van der Waals surface area contributed by atoms with Gasteiger partial charge in [-0.1, -0.05) is 51.3 Å². The summed E-state index contributed by atoms with van der Waals surface area (Å²) < 4.78 is 30.4. The molecule has 0 fully saturated rings. The van der Waals surface area contributed by atoms with Gasteiger partial charge in [-0.25, -0.2) is 28.8 Å². The molecule has 0 aliphatic rings. The Morgan fingerprint density at radius 2 is 0.818 bits per heavy atom. The second-order valence-electron chi connectivity index (χ2n) is 8.95. The highest BCUT2D eigenvalue weighted by Crippen LogP contribution is 2.11. The summed E-state index contributed by atoms with van der Waals surface area (Å²) in [7, 11) is 0. The predicted octanol–water partition coefficient (Wildman–Crippen LogP) is 3.96. The highest BCUT2D eigenvalue weighted by Gasteiger charge is 2.16. The van der Waals surface area contributed by atoms with Crippen LogP contribution in [0.2, 0.25) is 0 Å². The van der Waals surface area contributed by atoms with Crippen LogP contribution in [0.1, 0.15) is 51.4 Å². The van der Waals surface area contributed by atoms with Gasteiger partial charge in [-0.3, -0.25) is 0 Å². The SMILES string of the molecule is C=CC(=O)OCCCCCCC(COC(=O)C=CC=CC(=O)OCCCCC(COC(=O)C=C)OC(=O)C=C)OC(=O)C=C. The quantitative estimate of drug-likeness (QED) is 0.0477. The van der Waals surface area contributed by atoms with Gasteiger partial charge in [0.15, 0.2) is 0 Å². The van der Waals surface area contributed by atoms with Crippen LogP contribution >= 0.6 is 0 Å². The van der Waals surface area contributed by atoms with Crippen LogP contribution in [0.4, 0.5) is 0 Å². The largest absolute Gasteiger partial charge is 0.463 e. The van der Waals surface area contributed by atoms with E-state index < -0.39 is 48.0 Å². The third kappa shape index (κ3) is 22.9. The lowest BCUT2D eigenvalue weighted by Gasteiger charge is -2.16. The van der Waals surface area contributed by atoms with Gasteiger partial charge in [0.25, 0.3) is 0 Å². The van der Waals surface area contributed by atoms with Crippen LogP contribution in [0.3, 0.4) is 0 Å². The Hall–Kier alpha value is -4.74. The van der Waals surface area contributed by atoms with Gasteiger partial charge in [0.2, 0.25) is 0 Å². The van der Waals surface area contributed by atoms with Crippen molar-refractivity contribution in [1.82, 2.24) is 0 Å². The van der Waals surface area contributed by atoms with E-state index in [4.69, 9.17) is 28.4 Å². The molecule has 0 aromatic rings. The molecule has 0 amide bonds. The van der Waals surface area contributed by atoms with Crippen LogP contribution in [0.25, 0.3) is 0 Å². The Labute approximate surface area is 258 Å². The Balaban J connectivity index is 4.38. The van der Waals surface area contributed by atoms with E-state index in [1.807, 2.05) is 0 Å². The molecule has 242 valence electrons. The minimum Gasteiger partial charge on any atom is -0.463 e. The Morgan fingerprint density at radius 3 is 1.32 bits per heavy atom. The first-order valence-corrected chi connectivity index (χ1v) is 14.1. The molecule has 12 heteroatoms. The molecule has 0 rings (SSSR count). The number of hydrogen-bond acceptors (Lipinski definition) is 12. The van der Waals surface area contributed by atoms with Crippen LogP contribution < -0.4 is 0 Å². The molecule has 0 aromatic heterocycles. The van der Waals surface area contributed by atoms with Crippen LogP contribution in [-0.4, -0.2) is 74.5 Å². The number of allylic oxidation sites excluding steroid dienone is 2. The van der Waals surface area contributed by atoms with Crippen molar-refractivity contribution in [2.45, 2.75) is 63.6 Å². The van der Waals surface area contributed by atoms with Gasteiger partial charge in [0.1, 0.15) is 25.4 Å². The first kappa shape index (κ1) is 39.3. The third-order valence-corrected chi connectivity index (χ3v) is 5.46. The Kier molecular flexibility index (Phi) is 23.1. The second-order valence-corrected chi connectivity index (χ2v) is 8.95. The number of carbonyl (C=O) groups excluding carboxylic acids is 6. The van der Waals surface area contributed by atoms with Crippen molar-refractivity contribution in [2.24, 2.45) is 0 Å². The number of unbranched alkanes of at least 4 members (excludes halogenated alkanes) is 4. The molecule has 0 N–H and O–H groups in total. The zero-order valence-corrected chi connectivity index (χ0v) is 25.0. The highest BCUT2D eigenvalue weighted by atomic mass is 16.6. The smallest absolute Gasteiger partial charge is 0.330 e. The van der Waals surface area contributed by atoms with E-state index in [1.54, 1.807) is 0 Å². The molecule has 0 saturated carbocycles. The number of esters is 6. The van der Waals surface area contributed by atoms with Gasteiger partial charge in [-0.05, 0) is 38.5 Å². The van der Waals surface area contributed by atoms with Crippen molar-refractivity contribution in [2.75, 3.05) is 26.4 Å². The van der Waals surface area contributed by atoms with Gasteiger partial charge in [0, 0.05) is 36.5 Å². The zero-order chi connectivity index (χ0) is 33.0. The summed E-state index contributed by atoms with van der Waals surface area (Å²) in [4.78, 5) is 69.2. The zero-order valence-electron chi connectivity index (χ0n) is 25.0. The molecule has 0 radical (unpaired) electrons. The molecule has 0 saturated heterocycles. The fourth-order valence-electron chi connectivity index (χ4n) is 3.26. The number of carbonyl (C=O) groups is 6. The topological polar surface area (TPSA) is 158 Å². The van der Waals surface area contributed by atoms with Crippen molar-refractivity contribution in [3.05, 3.63) is 74.9 Å². The molecular weight excluding hydrogens is 576 g/mol. The van der Waals surface area contributed by atoms with Crippen LogP contribution in [0, 0.1) is 0 Å². The van der Waals surface area contributed by atoms with E-state index >= 15 is 0 Å². The minimum atomic E-state index is -0.697. The van der Waals surface area contributed by atoms with Gasteiger partial charge in [0.05, 0.1) is 13.2 Å². The molecule has 0 spiro atoms. The van der Waals surface area contributed by atoms with Crippen molar-refractivity contribution in [1.29, 1.82) is 0 Å². The lowest BCUT2D eigenvalue weighted by atomic mass is 10.1. The normalized spacial score (nSPS) is 11.9. The fourth-order valence-corrected chi connectivity index (χ4v) is 3.26. The first-order chi connectivity index (χ1) is 21.1. The summed E-state index contributed by atoms with van der Waals surface area (Å²) in [6.45, 7) is 13.4. The number of ether oxygens (including phenoxy) is 6. The van der Waals surface area contributed by atoms with E-state index in [1.165, 1.54) is 12.2 Å². The summed E-state index contributed by atoms with van der Waals surface area (Å²) in [6, 6.07) is 0. The molecule has 0 heterocycles. The summed E-state index contributed by atoms with van der Waals surface area (Å²) in [6.07, 6.45) is 12.4. The van der Waals surface area contributed by atoms with E-state index in [0.29, 0.717) is 45.1 Å². The van der Waals surface area contributed by atoms with Crippen molar-refractivity contribution >= 4 is 35.8 Å². The van der Waals surface area contributed by atoms with E-state index in [2.05, 4.69) is 26.3 Å². The van der Waals surface area contributed by atoms with Gasteiger partial charge >= 0.3 is 35.8 Å². The van der Waals surface area contributed by atoms with Crippen molar-refractivity contribution in [3.63, 3.8) is 0 Å². The second kappa shape index (κ2) is 25.9. The third-order valence-electron chi connectivity index (χ3n) is 5.46. The summed E-state index contributed by atoms with van der Waals surface area (Å²) in [5, 5.41) is 0. The van der Waals surface area contributed by atoms with E-state index in [0.717, 1.165) is 49.3 Å². The number of hydrogen-bond donors (Lipinski definition) is 0. The molecule has 0 aliphatic heterocycles. The lowest BCUT2D eigenvalue weighted by molar-refractivity contribution is -0.153. The summed E-state index contributed by atoms with van der Waals surface area (Å²) >= 11 is 0. The lowest BCUT2D eigenvalue weighted by Crippen LogP contribution is -2.24. The van der Waals surface area contributed by atoms with Crippen LogP contribution in [-0.2, 0) is 57.2 Å². The molecule has 2 atom stereocenters. The summed E-state index contributed by atoms with van der Waals surface area (Å²) in [5.41, 5.74) is 0. The fraction of sp³-hybridized carbons (Fsp3) is 0.438. The predicted molar refractivity (Wildman–Crippen MR) is 160 cm³/mol. The Morgan fingerprint density at radius 1 is 0.455 bits per heavy atom. The van der Waals surface area contributed by atoms with Crippen molar-refractivity contribution in [3.8, 4) is 0 Å². The molecule has 44 heavy (non-hydrogen) atoms. The molecule has 0 aromatic carbocycles. The molecular formula is C32H42O12. The van der Waals surface area contributed by atoms with E-state index in [-0.39, 0.29) is 19.8 Å². The van der Waals surface area contributed by atoms with Gasteiger partial charge < -0.3 is 28.4 Å². The maximum atomic E-state index is 12.0. The Bertz CT molecular complexity index is 1040. The van der Waals surface area contributed by atoms with Crippen LogP contribution in [0.15, 0.2) is 74.9 Å². The average molecular weight is 619 g/mol. The average Bonchev–Trinajstić information content (AvgIpc) is 3.02.